The van der Waals surface area contributed by atoms with Crippen LogP contribution >= 0.6 is 0 Å². The van der Waals surface area contributed by atoms with E-state index in [2.05, 4.69) is 9.84 Å². The van der Waals surface area contributed by atoms with E-state index in [4.69, 9.17) is 4.74 Å². The smallest absolute Gasteiger partial charge is 0.341 e. The van der Waals surface area contributed by atoms with Crippen molar-refractivity contribution in [1.29, 1.82) is 0 Å². The van der Waals surface area contributed by atoms with E-state index in [0.29, 0.717) is 0 Å². The van der Waals surface area contributed by atoms with Gasteiger partial charge < -0.3 is 9.47 Å². The van der Waals surface area contributed by atoms with Crippen molar-refractivity contribution in [2.45, 2.75) is 19.1 Å². The van der Waals surface area contributed by atoms with Crippen LogP contribution in [0.1, 0.15) is 29.4 Å². The van der Waals surface area contributed by atoms with Gasteiger partial charge in [-0.2, -0.15) is 5.10 Å². The van der Waals surface area contributed by atoms with Crippen LogP contribution in [-0.2, 0) is 36.9 Å². The molecule has 8 nitrogen and oxygen atoms in total. The van der Waals surface area contributed by atoms with Crippen LogP contribution in [0.25, 0.3) is 0 Å². The lowest BCUT2D eigenvalue weighted by Gasteiger charge is -2.07. The van der Waals surface area contributed by atoms with Crippen molar-refractivity contribution in [3.8, 4) is 0 Å². The molecule has 9 heteroatoms. The quantitative estimate of drug-likeness (QED) is 0.655. The van der Waals surface area contributed by atoms with E-state index in [-0.39, 0.29) is 30.0 Å². The number of hydrogen-bond donors (Lipinski definition) is 0. The van der Waals surface area contributed by atoms with E-state index in [9.17, 15) is 18.0 Å². The summed E-state index contributed by atoms with van der Waals surface area (Å²) in [5, 5.41) is 3.88. The lowest BCUT2D eigenvalue weighted by Crippen LogP contribution is -2.18. The summed E-state index contributed by atoms with van der Waals surface area (Å²) in [4.78, 5) is 22.7. The molecule has 0 bridgehead atoms. The molecule has 0 aromatic carbocycles. The summed E-state index contributed by atoms with van der Waals surface area (Å²) in [6.07, 6.45) is 1.04. The number of aromatic nitrogens is 2. The number of sulfone groups is 1. The van der Waals surface area contributed by atoms with Crippen molar-refractivity contribution >= 4 is 21.8 Å². The zero-order chi connectivity index (χ0) is 16.0. The summed E-state index contributed by atoms with van der Waals surface area (Å²) in [6, 6.07) is 0. The van der Waals surface area contributed by atoms with Gasteiger partial charge in [0, 0.05) is 7.05 Å². The number of aryl methyl sites for hydroxylation is 1. The molecule has 0 aliphatic rings. The third kappa shape index (κ3) is 4.85. The van der Waals surface area contributed by atoms with E-state index >= 15 is 0 Å². The van der Waals surface area contributed by atoms with Gasteiger partial charge in [-0.05, 0) is 6.92 Å². The minimum Gasteiger partial charge on any atom is -0.469 e. The number of hydrogen-bond acceptors (Lipinski definition) is 7. The van der Waals surface area contributed by atoms with Gasteiger partial charge in [-0.25, -0.2) is 13.2 Å². The molecule has 0 unspecified atom stereocenters. The fourth-order valence-electron chi connectivity index (χ4n) is 1.63. The summed E-state index contributed by atoms with van der Waals surface area (Å²) >= 11 is 0. The predicted molar refractivity (Wildman–Crippen MR) is 73.3 cm³/mol. The molecule has 0 N–H and O–H groups in total. The number of ether oxygens (including phenoxy) is 2. The van der Waals surface area contributed by atoms with Gasteiger partial charge in [-0.15, -0.1) is 0 Å². The van der Waals surface area contributed by atoms with E-state index in [1.54, 1.807) is 6.92 Å². The number of methoxy groups -OCH3 is 1. The maximum Gasteiger partial charge on any atom is 0.341 e. The van der Waals surface area contributed by atoms with Gasteiger partial charge in [-0.3, -0.25) is 9.48 Å². The summed E-state index contributed by atoms with van der Waals surface area (Å²) in [5.41, 5.74) is 0.347. The molecule has 0 saturated heterocycles. The molecule has 0 atom stereocenters. The molecule has 0 aliphatic heterocycles. The molecular weight excluding hydrogens is 300 g/mol. The van der Waals surface area contributed by atoms with Crippen LogP contribution < -0.4 is 0 Å². The first-order chi connectivity index (χ1) is 9.80. The van der Waals surface area contributed by atoms with Crippen molar-refractivity contribution in [2.24, 2.45) is 7.05 Å². The number of carbonyl (C=O) groups is 2. The third-order valence-electron chi connectivity index (χ3n) is 2.76. The maximum atomic E-state index is 12.0. The van der Waals surface area contributed by atoms with E-state index in [0.717, 1.165) is 0 Å². The van der Waals surface area contributed by atoms with Gasteiger partial charge in [0.2, 0.25) is 0 Å². The molecule has 118 valence electrons. The molecule has 1 heterocycles. The fraction of sp³-hybridized carbons (Fsp3) is 0.583. The van der Waals surface area contributed by atoms with E-state index in [1.807, 2.05) is 0 Å². The van der Waals surface area contributed by atoms with Crippen molar-refractivity contribution in [3.63, 3.8) is 0 Å². The van der Waals surface area contributed by atoms with Crippen molar-refractivity contribution in [1.82, 2.24) is 9.78 Å². The molecule has 0 saturated carbocycles. The largest absolute Gasteiger partial charge is 0.469 e. The predicted octanol–water partition coefficient (Wildman–Crippen LogP) is 0.0747. The second-order valence-corrected chi connectivity index (χ2v) is 6.45. The summed E-state index contributed by atoms with van der Waals surface area (Å²) in [7, 11) is -0.848. The van der Waals surface area contributed by atoms with Crippen LogP contribution in [0.2, 0.25) is 0 Å². The highest BCUT2D eigenvalue weighted by molar-refractivity contribution is 7.90. The second-order valence-electron chi connectivity index (χ2n) is 4.27. The highest BCUT2D eigenvalue weighted by Gasteiger charge is 2.23. The Morgan fingerprint density at radius 1 is 1.38 bits per heavy atom. The Kier molecular flexibility index (Phi) is 5.89. The Morgan fingerprint density at radius 3 is 2.62 bits per heavy atom. The normalized spacial score (nSPS) is 11.2. The average molecular weight is 318 g/mol. The van der Waals surface area contributed by atoms with E-state index in [1.165, 1.54) is 25.0 Å². The lowest BCUT2D eigenvalue weighted by atomic mass is 10.3. The van der Waals surface area contributed by atoms with Gasteiger partial charge in [0.25, 0.3) is 0 Å². The average Bonchev–Trinajstić information content (AvgIpc) is 2.77. The Morgan fingerprint density at radius 2 is 2.05 bits per heavy atom. The minimum atomic E-state index is -3.57. The van der Waals surface area contributed by atoms with Crippen LogP contribution in [0, 0.1) is 0 Å². The molecule has 1 aromatic heterocycles. The minimum absolute atomic E-state index is 0.112. The van der Waals surface area contributed by atoms with Gasteiger partial charge in [-0.1, -0.05) is 0 Å². The molecule has 0 aliphatic carbocycles. The Hall–Kier alpha value is -1.90. The monoisotopic (exact) mass is 318 g/mol. The fourth-order valence-corrected chi connectivity index (χ4v) is 3.02. The second kappa shape index (κ2) is 7.21. The Labute approximate surface area is 122 Å². The highest BCUT2D eigenvalue weighted by Crippen LogP contribution is 2.14. The Bertz CT molecular complexity index is 620. The molecular formula is C12H18N2O6S. The van der Waals surface area contributed by atoms with Crippen LogP contribution in [0.4, 0.5) is 0 Å². The van der Waals surface area contributed by atoms with E-state index < -0.39 is 27.5 Å². The van der Waals surface area contributed by atoms with Crippen molar-refractivity contribution in [3.05, 3.63) is 17.5 Å². The van der Waals surface area contributed by atoms with Gasteiger partial charge in [0.15, 0.2) is 9.84 Å². The van der Waals surface area contributed by atoms with Crippen LogP contribution in [0.5, 0.6) is 0 Å². The first-order valence-electron chi connectivity index (χ1n) is 6.26. The first kappa shape index (κ1) is 17.2. The van der Waals surface area contributed by atoms with Crippen LogP contribution in [0.3, 0.4) is 0 Å². The third-order valence-corrected chi connectivity index (χ3v) is 4.30. The molecule has 0 spiro atoms. The van der Waals surface area contributed by atoms with Crippen LogP contribution in [-0.4, -0.2) is 49.6 Å². The molecule has 21 heavy (non-hydrogen) atoms. The summed E-state index contributed by atoms with van der Waals surface area (Å²) < 4.78 is 34.6. The lowest BCUT2D eigenvalue weighted by molar-refractivity contribution is -0.140. The first-order valence-corrected chi connectivity index (χ1v) is 8.08. The SMILES string of the molecule is CCOC(=O)c1cnn(C)c1CS(=O)(=O)CCC(=O)OC. The van der Waals surface area contributed by atoms with Gasteiger partial charge in [0.05, 0.1) is 43.5 Å². The summed E-state index contributed by atoms with van der Waals surface area (Å²) in [6.45, 7) is 1.84. The number of nitrogens with zero attached hydrogens (tertiary/aromatic N) is 2. The number of carbonyl (C=O) groups excluding carboxylic acids is 2. The summed E-state index contributed by atoms with van der Waals surface area (Å²) in [5.74, 6) is -1.97. The highest BCUT2D eigenvalue weighted by atomic mass is 32.2. The van der Waals surface area contributed by atoms with Crippen LogP contribution in [0.15, 0.2) is 6.20 Å². The van der Waals surface area contributed by atoms with Crippen molar-refractivity contribution in [2.75, 3.05) is 19.5 Å². The molecule has 1 aromatic rings. The zero-order valence-corrected chi connectivity index (χ0v) is 13.0. The number of rotatable bonds is 7. The Balaban J connectivity index is 2.89. The number of esters is 2. The van der Waals surface area contributed by atoms with Gasteiger partial charge >= 0.3 is 11.9 Å². The molecule has 0 fully saturated rings. The molecule has 0 radical (unpaired) electrons. The topological polar surface area (TPSA) is 105 Å². The standard InChI is InChI=1S/C12H18N2O6S/c1-4-20-12(16)9-7-13-14(2)10(9)8-21(17,18)6-5-11(15)19-3/h7H,4-6,8H2,1-3H3. The maximum absolute atomic E-state index is 12.0. The molecule has 1 rings (SSSR count). The zero-order valence-electron chi connectivity index (χ0n) is 12.2. The molecule has 0 amide bonds. The van der Waals surface area contributed by atoms with Crippen molar-refractivity contribution < 1.29 is 27.5 Å². The van der Waals surface area contributed by atoms with Gasteiger partial charge in [0.1, 0.15) is 5.56 Å².